The Balaban J connectivity index is 4.87. The molecule has 0 bridgehead atoms. The first-order chi connectivity index (χ1) is 8.20. The van der Waals surface area contributed by atoms with Crippen molar-refractivity contribution in [3.8, 4) is 0 Å². The number of rotatable bonds is 11. The summed E-state index contributed by atoms with van der Waals surface area (Å²) < 4.78 is 17.9. The zero-order valence-corrected chi connectivity index (χ0v) is 14.4. The van der Waals surface area contributed by atoms with Gasteiger partial charge < -0.3 is 13.3 Å². The van der Waals surface area contributed by atoms with E-state index >= 15 is 0 Å². The van der Waals surface area contributed by atoms with Crippen LogP contribution < -0.4 is 0 Å². The Kier molecular flexibility index (Phi) is 11.2. The maximum atomic E-state index is 5.96. The van der Waals surface area contributed by atoms with Crippen molar-refractivity contribution in [2.24, 2.45) is 0 Å². The third-order valence-electron chi connectivity index (χ3n) is 1.89. The Labute approximate surface area is 114 Å². The molecular formula is C11H27O3S2Si+. The first-order valence-corrected chi connectivity index (χ1v) is 11.8. The normalized spacial score (nSPS) is 13.9. The SMILES string of the molecule is CCC[S+](SCC)[Si](OCC)(OCC)OCC. The average Bonchev–Trinajstić information content (AvgIpc) is 2.29. The minimum Gasteiger partial charge on any atom is -0.331 e. The summed E-state index contributed by atoms with van der Waals surface area (Å²) in [6.07, 6.45) is 1.15. The van der Waals surface area contributed by atoms with Crippen LogP contribution in [-0.2, 0) is 22.7 Å². The van der Waals surface area contributed by atoms with Crippen molar-refractivity contribution in [3.63, 3.8) is 0 Å². The summed E-state index contributed by atoms with van der Waals surface area (Å²) >= 11 is 0. The minimum absolute atomic E-state index is 0.0683. The Morgan fingerprint density at radius 3 is 1.65 bits per heavy atom. The van der Waals surface area contributed by atoms with E-state index in [1.165, 1.54) is 0 Å². The predicted molar refractivity (Wildman–Crippen MR) is 81.3 cm³/mol. The summed E-state index contributed by atoms with van der Waals surface area (Å²) in [4.78, 5) is 0. The van der Waals surface area contributed by atoms with E-state index < -0.39 is 7.95 Å². The lowest BCUT2D eigenvalue weighted by Crippen LogP contribution is -2.53. The molecule has 0 heterocycles. The maximum Gasteiger partial charge on any atom is 0.794 e. The van der Waals surface area contributed by atoms with Crippen LogP contribution in [0.3, 0.4) is 0 Å². The van der Waals surface area contributed by atoms with Gasteiger partial charge in [-0.25, -0.2) is 0 Å². The third-order valence-corrected chi connectivity index (χ3v) is 14.0. The summed E-state index contributed by atoms with van der Waals surface area (Å²) in [7, 11) is -0.466. The second-order valence-electron chi connectivity index (χ2n) is 3.26. The molecule has 0 N–H and O–H groups in total. The molecule has 0 spiro atoms. The van der Waals surface area contributed by atoms with Gasteiger partial charge in [-0.15, -0.1) is 0 Å². The van der Waals surface area contributed by atoms with Crippen LogP contribution in [0.2, 0.25) is 0 Å². The van der Waals surface area contributed by atoms with Crippen molar-refractivity contribution in [2.45, 2.75) is 41.0 Å². The Morgan fingerprint density at radius 2 is 1.35 bits per heavy atom. The van der Waals surface area contributed by atoms with Gasteiger partial charge in [0.1, 0.15) is 5.75 Å². The van der Waals surface area contributed by atoms with Crippen molar-refractivity contribution in [1.82, 2.24) is 0 Å². The fraction of sp³-hybridized carbons (Fsp3) is 1.00. The van der Waals surface area contributed by atoms with Crippen LogP contribution >= 0.6 is 10.8 Å². The molecule has 104 valence electrons. The van der Waals surface area contributed by atoms with E-state index in [0.29, 0.717) is 19.8 Å². The average molecular weight is 300 g/mol. The monoisotopic (exact) mass is 299 g/mol. The fourth-order valence-corrected chi connectivity index (χ4v) is 13.7. The van der Waals surface area contributed by atoms with Gasteiger partial charge in [0, 0.05) is 25.6 Å². The zero-order valence-electron chi connectivity index (χ0n) is 11.8. The third kappa shape index (κ3) is 5.98. The van der Waals surface area contributed by atoms with Crippen molar-refractivity contribution in [2.75, 3.05) is 31.3 Å². The highest BCUT2D eigenvalue weighted by atomic mass is 33.2. The lowest BCUT2D eigenvalue weighted by atomic mass is 10.6. The Morgan fingerprint density at radius 1 is 0.882 bits per heavy atom. The minimum atomic E-state index is -2.48. The summed E-state index contributed by atoms with van der Waals surface area (Å²) in [5.74, 6) is 2.22. The van der Waals surface area contributed by atoms with E-state index in [0.717, 1.165) is 17.9 Å². The van der Waals surface area contributed by atoms with Gasteiger partial charge in [0.25, 0.3) is 0 Å². The zero-order chi connectivity index (χ0) is 13.1. The van der Waals surface area contributed by atoms with Gasteiger partial charge in [-0.2, -0.15) is 0 Å². The van der Waals surface area contributed by atoms with Crippen molar-refractivity contribution in [1.29, 1.82) is 0 Å². The van der Waals surface area contributed by atoms with Gasteiger partial charge in [-0.05, 0) is 27.2 Å². The quantitative estimate of drug-likeness (QED) is 0.333. The molecule has 0 amide bonds. The lowest BCUT2D eigenvalue weighted by Gasteiger charge is -2.24. The summed E-state index contributed by atoms with van der Waals surface area (Å²) in [6, 6.07) is 0. The lowest BCUT2D eigenvalue weighted by molar-refractivity contribution is 0.0960. The molecule has 3 nitrogen and oxygen atoms in total. The molecule has 0 aromatic carbocycles. The number of hydrogen-bond acceptors (Lipinski definition) is 4. The van der Waals surface area contributed by atoms with E-state index in [1.54, 1.807) is 0 Å². The molecule has 1 unspecified atom stereocenters. The van der Waals surface area contributed by atoms with Crippen molar-refractivity contribution >= 4 is 28.1 Å². The molecule has 0 aromatic rings. The molecule has 17 heavy (non-hydrogen) atoms. The Bertz CT molecular complexity index is 161. The molecular weight excluding hydrogens is 272 g/mol. The van der Waals surface area contributed by atoms with Crippen LogP contribution in [0.25, 0.3) is 0 Å². The van der Waals surface area contributed by atoms with Gasteiger partial charge in [0.15, 0.2) is 0 Å². The molecule has 0 saturated carbocycles. The summed E-state index contributed by atoms with van der Waals surface area (Å²) in [5.41, 5.74) is 0. The molecule has 1 atom stereocenters. The summed E-state index contributed by atoms with van der Waals surface area (Å²) in [5, 5.41) is 0. The van der Waals surface area contributed by atoms with Crippen LogP contribution in [0.1, 0.15) is 41.0 Å². The summed E-state index contributed by atoms with van der Waals surface area (Å²) in [6.45, 7) is 12.5. The van der Waals surface area contributed by atoms with Crippen molar-refractivity contribution < 1.29 is 13.3 Å². The fourth-order valence-electron chi connectivity index (χ4n) is 1.44. The molecule has 0 aliphatic rings. The maximum absolute atomic E-state index is 5.96. The first kappa shape index (κ1) is 17.8. The van der Waals surface area contributed by atoms with E-state index in [2.05, 4.69) is 13.8 Å². The van der Waals surface area contributed by atoms with Crippen molar-refractivity contribution in [3.05, 3.63) is 0 Å². The molecule has 0 aliphatic heterocycles. The molecule has 0 rings (SSSR count). The van der Waals surface area contributed by atoms with Crippen LogP contribution in [0, 0.1) is 0 Å². The molecule has 0 saturated heterocycles. The molecule has 0 radical (unpaired) electrons. The van der Waals surface area contributed by atoms with Gasteiger partial charge in [0.2, 0.25) is 0 Å². The molecule has 0 fully saturated rings. The van der Waals surface area contributed by atoms with E-state index in [-0.39, 0.29) is 9.38 Å². The van der Waals surface area contributed by atoms with E-state index in [1.807, 2.05) is 31.6 Å². The highest BCUT2D eigenvalue weighted by Crippen LogP contribution is 2.31. The van der Waals surface area contributed by atoms with Gasteiger partial charge in [-0.3, -0.25) is 0 Å². The number of hydrogen-bond donors (Lipinski definition) is 0. The largest absolute Gasteiger partial charge is 0.794 e. The predicted octanol–water partition coefficient (Wildman–Crippen LogP) is 3.23. The van der Waals surface area contributed by atoms with Crippen LogP contribution in [0.5, 0.6) is 0 Å². The highest BCUT2D eigenvalue weighted by molar-refractivity contribution is 8.84. The first-order valence-electron chi connectivity index (χ1n) is 6.46. The van der Waals surface area contributed by atoms with Crippen LogP contribution in [-0.4, -0.2) is 39.3 Å². The standard InChI is InChI=1S/C11H27O3S2Si/c1-6-11-16(15-10-5)17(12-7-2,13-8-3)14-9-4/h6-11H2,1-5H3/q+1. The van der Waals surface area contributed by atoms with Gasteiger partial charge >= 0.3 is 7.95 Å². The topological polar surface area (TPSA) is 27.7 Å². The molecule has 6 heteroatoms. The second-order valence-corrected chi connectivity index (χ2v) is 12.8. The molecule has 0 aromatic heterocycles. The van der Waals surface area contributed by atoms with Gasteiger partial charge in [-0.1, -0.05) is 13.8 Å². The van der Waals surface area contributed by atoms with E-state index in [4.69, 9.17) is 13.3 Å². The van der Waals surface area contributed by atoms with Gasteiger partial charge in [0.05, 0.1) is 20.2 Å². The Hall–Kier alpha value is 0.797. The smallest absolute Gasteiger partial charge is 0.331 e. The van der Waals surface area contributed by atoms with E-state index in [9.17, 15) is 0 Å². The van der Waals surface area contributed by atoms with Crippen LogP contribution in [0.4, 0.5) is 0 Å². The highest BCUT2D eigenvalue weighted by Gasteiger charge is 2.63. The van der Waals surface area contributed by atoms with Crippen LogP contribution in [0.15, 0.2) is 0 Å². The molecule has 0 aliphatic carbocycles. The second kappa shape index (κ2) is 10.7.